The van der Waals surface area contributed by atoms with Gasteiger partial charge in [0.15, 0.2) is 18.1 Å². The fraction of sp³-hybridized carbons (Fsp3) is 0.111. The van der Waals surface area contributed by atoms with Crippen LogP contribution in [0.2, 0.25) is 0 Å². The lowest BCUT2D eigenvalue weighted by Gasteiger charge is -2.15. The average molecular weight is 440 g/mol. The molecule has 0 bridgehead atoms. The maximum absolute atomic E-state index is 12.8. The Balaban J connectivity index is 1.28. The number of hydrogen-bond donors (Lipinski definition) is 0. The molecule has 6 heteroatoms. The van der Waals surface area contributed by atoms with Gasteiger partial charge in [0, 0.05) is 17.2 Å². The van der Waals surface area contributed by atoms with Crippen molar-refractivity contribution < 1.29 is 28.5 Å². The summed E-state index contributed by atoms with van der Waals surface area (Å²) in [5.74, 6) is 2.19. The fourth-order valence-electron chi connectivity index (χ4n) is 3.65. The van der Waals surface area contributed by atoms with Crippen molar-refractivity contribution in [2.45, 2.75) is 0 Å². The Morgan fingerprint density at radius 2 is 1.79 bits per heavy atom. The van der Waals surface area contributed by atoms with Gasteiger partial charge in [-0.05, 0) is 60.2 Å². The molecule has 2 aliphatic heterocycles. The third-order valence-corrected chi connectivity index (χ3v) is 5.39. The lowest BCUT2D eigenvalue weighted by Crippen LogP contribution is -2.11. The number of ketones is 2. The highest BCUT2D eigenvalue weighted by atomic mass is 16.5. The highest BCUT2D eigenvalue weighted by molar-refractivity contribution is 6.12. The zero-order valence-corrected chi connectivity index (χ0v) is 17.9. The number of rotatable bonds is 6. The molecule has 0 radical (unpaired) electrons. The summed E-state index contributed by atoms with van der Waals surface area (Å²) in [6, 6.07) is 19.5. The molecule has 33 heavy (non-hydrogen) atoms. The van der Waals surface area contributed by atoms with E-state index in [1.807, 2.05) is 30.3 Å². The molecule has 0 amide bonds. The Bertz CT molecular complexity index is 1300. The van der Waals surface area contributed by atoms with Crippen molar-refractivity contribution in [2.24, 2.45) is 0 Å². The van der Waals surface area contributed by atoms with Gasteiger partial charge in [-0.2, -0.15) is 0 Å². The molecule has 6 nitrogen and oxygen atoms in total. The number of benzene rings is 3. The highest BCUT2D eigenvalue weighted by Crippen LogP contribution is 2.35. The first kappa shape index (κ1) is 20.6. The van der Waals surface area contributed by atoms with E-state index in [0.29, 0.717) is 35.0 Å². The molecule has 0 atom stereocenters. The summed E-state index contributed by atoms with van der Waals surface area (Å²) in [6.45, 7) is 0.223. The smallest absolute Gasteiger partial charge is 0.231 e. The summed E-state index contributed by atoms with van der Waals surface area (Å²) in [6.07, 6.45) is 3.68. The van der Waals surface area contributed by atoms with Gasteiger partial charge >= 0.3 is 0 Å². The maximum atomic E-state index is 12.8. The summed E-state index contributed by atoms with van der Waals surface area (Å²) in [5.41, 5.74) is 2.77. The van der Waals surface area contributed by atoms with Crippen molar-refractivity contribution in [2.75, 3.05) is 20.3 Å². The highest BCUT2D eigenvalue weighted by Gasteiger charge is 2.28. The van der Waals surface area contributed by atoms with Crippen LogP contribution in [0.15, 0.2) is 84.1 Å². The number of para-hydroxylation sites is 1. The molecule has 0 aromatic heterocycles. The van der Waals surface area contributed by atoms with E-state index in [-0.39, 0.29) is 23.9 Å². The van der Waals surface area contributed by atoms with Crippen LogP contribution in [0.3, 0.4) is 0 Å². The van der Waals surface area contributed by atoms with Gasteiger partial charge in [0.2, 0.25) is 5.78 Å². The maximum Gasteiger partial charge on any atom is 0.231 e. The SMILES string of the molecule is COc1ccc(C(=O)COc2ccc3c(c2)OC(=CC2=Cc4ccccc4OC2)C3=O)cc1. The topological polar surface area (TPSA) is 71.1 Å². The van der Waals surface area contributed by atoms with Crippen LogP contribution in [0.1, 0.15) is 26.3 Å². The van der Waals surface area contributed by atoms with Crippen molar-refractivity contribution in [1.82, 2.24) is 0 Å². The van der Waals surface area contributed by atoms with Crippen molar-refractivity contribution in [3.8, 4) is 23.0 Å². The summed E-state index contributed by atoms with van der Waals surface area (Å²) in [4.78, 5) is 25.2. The number of allylic oxidation sites excluding steroid dienone is 1. The normalized spacial score (nSPS) is 15.1. The van der Waals surface area contributed by atoms with E-state index < -0.39 is 0 Å². The molecule has 0 N–H and O–H groups in total. The largest absolute Gasteiger partial charge is 0.497 e. The lowest BCUT2D eigenvalue weighted by molar-refractivity contribution is 0.0920. The first-order valence-corrected chi connectivity index (χ1v) is 10.4. The monoisotopic (exact) mass is 440 g/mol. The molecule has 2 aliphatic rings. The van der Waals surface area contributed by atoms with Crippen molar-refractivity contribution in [1.29, 1.82) is 0 Å². The molecule has 0 aliphatic carbocycles. The number of Topliss-reactive ketones (excluding diaryl/α,β-unsaturated/α-hetero) is 2. The quantitative estimate of drug-likeness (QED) is 0.401. The Labute approximate surface area is 190 Å². The zero-order chi connectivity index (χ0) is 22.8. The molecule has 0 saturated heterocycles. The van der Waals surface area contributed by atoms with Crippen molar-refractivity contribution in [3.63, 3.8) is 0 Å². The van der Waals surface area contributed by atoms with E-state index in [4.69, 9.17) is 18.9 Å². The second kappa shape index (κ2) is 8.67. The van der Waals surface area contributed by atoms with E-state index in [1.54, 1.807) is 55.7 Å². The van der Waals surface area contributed by atoms with Gasteiger partial charge in [0.1, 0.15) is 29.6 Å². The van der Waals surface area contributed by atoms with Gasteiger partial charge in [0.05, 0.1) is 12.7 Å². The van der Waals surface area contributed by atoms with E-state index in [0.717, 1.165) is 16.9 Å². The number of ether oxygens (including phenoxy) is 4. The fourth-order valence-corrected chi connectivity index (χ4v) is 3.65. The molecule has 3 aromatic carbocycles. The minimum Gasteiger partial charge on any atom is -0.497 e. The number of carbonyl (C=O) groups excluding carboxylic acids is 2. The molecule has 164 valence electrons. The zero-order valence-electron chi connectivity index (χ0n) is 17.9. The molecule has 0 spiro atoms. The van der Waals surface area contributed by atoms with E-state index >= 15 is 0 Å². The molecule has 0 unspecified atom stereocenters. The minimum absolute atomic E-state index is 0.134. The first-order valence-electron chi connectivity index (χ1n) is 10.4. The van der Waals surface area contributed by atoms with Gasteiger partial charge in [-0.1, -0.05) is 18.2 Å². The number of carbonyl (C=O) groups is 2. The number of methoxy groups -OCH3 is 1. The van der Waals surface area contributed by atoms with Crippen LogP contribution in [0.4, 0.5) is 0 Å². The third kappa shape index (κ3) is 4.23. The summed E-state index contributed by atoms with van der Waals surface area (Å²) in [7, 11) is 1.57. The van der Waals surface area contributed by atoms with Crippen LogP contribution in [0.5, 0.6) is 23.0 Å². The van der Waals surface area contributed by atoms with Crippen LogP contribution in [0.25, 0.3) is 6.08 Å². The Kier molecular flexibility index (Phi) is 5.40. The van der Waals surface area contributed by atoms with Gasteiger partial charge in [-0.3, -0.25) is 9.59 Å². The molecule has 0 saturated carbocycles. The second-order valence-corrected chi connectivity index (χ2v) is 7.58. The summed E-state index contributed by atoms with van der Waals surface area (Å²) < 4.78 is 22.3. The second-order valence-electron chi connectivity index (χ2n) is 7.58. The molecular formula is C27H20O6. The molecule has 2 heterocycles. The Morgan fingerprint density at radius 1 is 1.00 bits per heavy atom. The lowest BCUT2D eigenvalue weighted by atomic mass is 10.1. The van der Waals surface area contributed by atoms with Gasteiger partial charge in [0.25, 0.3) is 0 Å². The van der Waals surface area contributed by atoms with Crippen molar-refractivity contribution >= 4 is 17.6 Å². The van der Waals surface area contributed by atoms with Gasteiger partial charge in [-0.15, -0.1) is 0 Å². The third-order valence-electron chi connectivity index (χ3n) is 5.39. The average Bonchev–Trinajstić information content (AvgIpc) is 3.16. The Hall–Kier alpha value is -4.32. The van der Waals surface area contributed by atoms with E-state index in [2.05, 4.69) is 0 Å². The van der Waals surface area contributed by atoms with Crippen LogP contribution < -0.4 is 18.9 Å². The standard InChI is InChI=1S/C27H20O6/c1-30-20-8-6-18(7-9-20)23(28)16-31-21-10-11-22-25(14-21)33-26(27(22)29)13-17-12-19-4-2-3-5-24(19)32-15-17/h2-14H,15-16H2,1H3. The predicted molar refractivity (Wildman–Crippen MR) is 122 cm³/mol. The molecule has 0 fully saturated rings. The van der Waals surface area contributed by atoms with E-state index in [1.165, 1.54) is 0 Å². The molecular weight excluding hydrogens is 420 g/mol. The summed E-state index contributed by atoms with van der Waals surface area (Å²) >= 11 is 0. The Morgan fingerprint density at radius 3 is 2.61 bits per heavy atom. The molecule has 5 rings (SSSR count). The molecule has 3 aromatic rings. The van der Waals surface area contributed by atoms with Gasteiger partial charge in [-0.25, -0.2) is 0 Å². The first-order chi connectivity index (χ1) is 16.1. The van der Waals surface area contributed by atoms with E-state index in [9.17, 15) is 9.59 Å². The van der Waals surface area contributed by atoms with Crippen molar-refractivity contribution in [3.05, 3.63) is 101 Å². The number of hydrogen-bond acceptors (Lipinski definition) is 6. The number of fused-ring (bicyclic) bond motifs is 2. The van der Waals surface area contributed by atoms with Gasteiger partial charge < -0.3 is 18.9 Å². The van der Waals surface area contributed by atoms with Crippen LogP contribution in [0, 0.1) is 0 Å². The van der Waals surface area contributed by atoms with Crippen LogP contribution in [-0.2, 0) is 0 Å². The van der Waals surface area contributed by atoms with Crippen LogP contribution >= 0.6 is 0 Å². The summed E-state index contributed by atoms with van der Waals surface area (Å²) in [5, 5.41) is 0. The predicted octanol–water partition coefficient (Wildman–Crippen LogP) is 4.89. The minimum atomic E-state index is -0.203. The van der Waals surface area contributed by atoms with Crippen LogP contribution in [-0.4, -0.2) is 31.9 Å².